The van der Waals surface area contributed by atoms with Crippen molar-refractivity contribution in [1.29, 1.82) is 0 Å². The van der Waals surface area contributed by atoms with Gasteiger partial charge in [0.1, 0.15) is 11.0 Å². The van der Waals surface area contributed by atoms with Crippen molar-refractivity contribution in [3.8, 4) is 0 Å². The van der Waals surface area contributed by atoms with Crippen molar-refractivity contribution in [2.75, 3.05) is 0 Å². The number of rotatable bonds is 5. The second-order valence-electron chi connectivity index (χ2n) is 5.34. The van der Waals surface area contributed by atoms with Gasteiger partial charge in [-0.15, -0.1) is 0 Å². The van der Waals surface area contributed by atoms with Crippen LogP contribution in [-0.2, 0) is 14.4 Å². The highest BCUT2D eigenvalue weighted by atomic mass is 16.4. The Morgan fingerprint density at radius 3 is 1.79 bits per heavy atom. The van der Waals surface area contributed by atoms with Gasteiger partial charge in [0.25, 0.3) is 0 Å². The Morgan fingerprint density at radius 1 is 1.05 bits per heavy atom. The number of nitrogens with two attached hydrogens (primary N) is 3. The normalized spacial score (nSPS) is 33.7. The lowest BCUT2D eigenvalue weighted by Gasteiger charge is -2.39. The van der Waals surface area contributed by atoms with Crippen molar-refractivity contribution < 1.29 is 19.5 Å². The van der Waals surface area contributed by atoms with Crippen LogP contribution < -0.4 is 17.2 Å². The predicted octanol–water partition coefficient (Wildman–Crippen LogP) is -1.23. The number of carboxylic acids is 1. The van der Waals surface area contributed by atoms with E-state index in [0.29, 0.717) is 6.42 Å². The largest absolute Gasteiger partial charge is 0.480 e. The summed E-state index contributed by atoms with van der Waals surface area (Å²) in [6.07, 6.45) is 0.509. The van der Waals surface area contributed by atoms with Gasteiger partial charge in [0.15, 0.2) is 11.6 Å². The van der Waals surface area contributed by atoms with Gasteiger partial charge >= 0.3 is 5.97 Å². The molecule has 0 aliphatic heterocycles. The molecule has 0 spiro atoms. The average molecular weight is 271 g/mol. The Kier molecular flexibility index (Phi) is 4.14. The monoisotopic (exact) mass is 271 g/mol. The van der Waals surface area contributed by atoms with Crippen LogP contribution in [-0.4, -0.2) is 40.3 Å². The van der Waals surface area contributed by atoms with Gasteiger partial charge in [-0.1, -0.05) is 0 Å². The van der Waals surface area contributed by atoms with Gasteiger partial charge in [0.2, 0.25) is 0 Å². The summed E-state index contributed by atoms with van der Waals surface area (Å²) in [4.78, 5) is 36.3. The summed E-state index contributed by atoms with van der Waals surface area (Å²) in [6.45, 7) is 2.83. The molecule has 0 heterocycles. The SMILES string of the molecule is CC(N)C(=O)C1(C(=O)C(C)N)CCCC1(N)C(=O)O. The number of aliphatic carboxylic acids is 1. The van der Waals surface area contributed by atoms with Crippen molar-refractivity contribution in [3.63, 3.8) is 0 Å². The van der Waals surface area contributed by atoms with E-state index < -0.39 is 40.6 Å². The molecule has 108 valence electrons. The predicted molar refractivity (Wildman–Crippen MR) is 68.2 cm³/mol. The van der Waals surface area contributed by atoms with Crippen LogP contribution >= 0.6 is 0 Å². The molecule has 0 aromatic rings. The Bertz CT molecular complexity index is 399. The fraction of sp³-hybridized carbons (Fsp3) is 0.750. The highest BCUT2D eigenvalue weighted by molar-refractivity contribution is 6.15. The van der Waals surface area contributed by atoms with Crippen LogP contribution in [0.1, 0.15) is 33.1 Å². The van der Waals surface area contributed by atoms with Crippen LogP contribution in [0.15, 0.2) is 0 Å². The highest BCUT2D eigenvalue weighted by Crippen LogP contribution is 2.47. The van der Waals surface area contributed by atoms with E-state index in [1.807, 2.05) is 0 Å². The molecule has 0 radical (unpaired) electrons. The van der Waals surface area contributed by atoms with Crippen molar-refractivity contribution >= 4 is 17.5 Å². The second-order valence-corrected chi connectivity index (χ2v) is 5.34. The Hall–Kier alpha value is -1.31. The summed E-state index contributed by atoms with van der Waals surface area (Å²) in [7, 11) is 0. The third-order valence-corrected chi connectivity index (χ3v) is 3.93. The lowest BCUT2D eigenvalue weighted by Crippen LogP contribution is -2.68. The van der Waals surface area contributed by atoms with Gasteiger partial charge in [-0.2, -0.15) is 0 Å². The third kappa shape index (κ3) is 2.07. The molecule has 19 heavy (non-hydrogen) atoms. The number of hydrogen-bond donors (Lipinski definition) is 4. The second kappa shape index (κ2) is 4.99. The van der Waals surface area contributed by atoms with Gasteiger partial charge in [0, 0.05) is 0 Å². The van der Waals surface area contributed by atoms with E-state index in [1.54, 1.807) is 0 Å². The van der Waals surface area contributed by atoms with Crippen LogP contribution in [0.3, 0.4) is 0 Å². The Morgan fingerprint density at radius 2 is 1.47 bits per heavy atom. The zero-order valence-corrected chi connectivity index (χ0v) is 11.2. The summed E-state index contributed by atoms with van der Waals surface area (Å²) in [6, 6.07) is -1.94. The molecule has 1 fully saturated rings. The number of carboxylic acid groups (broad SMARTS) is 1. The van der Waals surface area contributed by atoms with E-state index in [0.717, 1.165) is 0 Å². The van der Waals surface area contributed by atoms with Crippen molar-refractivity contribution in [1.82, 2.24) is 0 Å². The molecular weight excluding hydrogens is 250 g/mol. The molecule has 1 rings (SSSR count). The molecular formula is C12H21N3O4. The average Bonchev–Trinajstić information content (AvgIpc) is 2.67. The maximum Gasteiger partial charge on any atom is 0.325 e. The smallest absolute Gasteiger partial charge is 0.325 e. The Labute approximate surface area is 111 Å². The zero-order chi connectivity index (χ0) is 15.0. The van der Waals surface area contributed by atoms with Crippen molar-refractivity contribution in [2.45, 2.75) is 50.7 Å². The molecule has 0 bridgehead atoms. The third-order valence-electron chi connectivity index (χ3n) is 3.93. The number of carbonyl (C=O) groups excluding carboxylic acids is 2. The Balaban J connectivity index is 3.47. The minimum atomic E-state index is -1.93. The molecule has 1 saturated carbocycles. The standard InChI is InChI=1S/C12H21N3O4/c1-6(13)8(16)11(9(17)7(2)14)4-3-5-12(11,15)10(18)19/h6-7H,3-5,13-15H2,1-2H3,(H,18,19). The summed E-state index contributed by atoms with van der Waals surface area (Å²) < 4.78 is 0. The van der Waals surface area contributed by atoms with E-state index in [9.17, 15) is 19.5 Å². The van der Waals surface area contributed by atoms with Crippen LogP contribution in [0, 0.1) is 5.41 Å². The number of hydrogen-bond acceptors (Lipinski definition) is 6. The molecule has 1 aliphatic rings. The first-order chi connectivity index (χ1) is 8.61. The van der Waals surface area contributed by atoms with Gasteiger partial charge in [-0.25, -0.2) is 0 Å². The van der Waals surface area contributed by atoms with Gasteiger partial charge in [-0.3, -0.25) is 14.4 Å². The molecule has 3 atom stereocenters. The quantitative estimate of drug-likeness (QED) is 0.457. The fourth-order valence-electron chi connectivity index (χ4n) is 2.94. The van der Waals surface area contributed by atoms with Crippen molar-refractivity contribution in [2.24, 2.45) is 22.6 Å². The van der Waals surface area contributed by atoms with Gasteiger partial charge < -0.3 is 22.3 Å². The van der Waals surface area contributed by atoms with E-state index in [4.69, 9.17) is 17.2 Å². The van der Waals surface area contributed by atoms with E-state index in [1.165, 1.54) is 13.8 Å². The molecule has 3 unspecified atom stereocenters. The first-order valence-corrected chi connectivity index (χ1v) is 6.23. The number of carbonyl (C=O) groups is 3. The summed E-state index contributed by atoms with van der Waals surface area (Å²) in [5.41, 5.74) is 13.3. The summed E-state index contributed by atoms with van der Waals surface area (Å²) >= 11 is 0. The van der Waals surface area contributed by atoms with E-state index in [2.05, 4.69) is 0 Å². The minimum absolute atomic E-state index is 0.0548. The van der Waals surface area contributed by atoms with E-state index >= 15 is 0 Å². The maximum absolute atomic E-state index is 12.4. The number of ketones is 2. The van der Waals surface area contributed by atoms with Gasteiger partial charge in [0.05, 0.1) is 12.1 Å². The number of Topliss-reactive ketones (excluding diaryl/α,β-unsaturated/α-hetero) is 2. The first kappa shape index (κ1) is 15.7. The lowest BCUT2D eigenvalue weighted by atomic mass is 9.63. The van der Waals surface area contributed by atoms with Crippen LogP contribution in [0.5, 0.6) is 0 Å². The molecule has 7 nitrogen and oxygen atoms in total. The molecule has 7 heteroatoms. The van der Waals surface area contributed by atoms with Crippen LogP contribution in [0.2, 0.25) is 0 Å². The van der Waals surface area contributed by atoms with Crippen LogP contribution in [0.25, 0.3) is 0 Å². The molecule has 0 saturated heterocycles. The fourth-order valence-corrected chi connectivity index (χ4v) is 2.94. The molecule has 1 aliphatic carbocycles. The first-order valence-electron chi connectivity index (χ1n) is 6.23. The van der Waals surface area contributed by atoms with Gasteiger partial charge in [-0.05, 0) is 33.1 Å². The van der Waals surface area contributed by atoms with E-state index in [-0.39, 0.29) is 12.8 Å². The summed E-state index contributed by atoms with van der Waals surface area (Å²) in [5, 5.41) is 9.36. The zero-order valence-electron chi connectivity index (χ0n) is 11.2. The molecule has 0 aromatic carbocycles. The summed E-state index contributed by atoms with van der Waals surface area (Å²) in [5.74, 6) is -2.65. The lowest BCUT2D eigenvalue weighted by molar-refractivity contribution is -0.159. The maximum atomic E-state index is 12.4. The molecule has 0 amide bonds. The molecule has 7 N–H and O–H groups in total. The minimum Gasteiger partial charge on any atom is -0.480 e. The highest BCUT2D eigenvalue weighted by Gasteiger charge is 2.66. The van der Waals surface area contributed by atoms with Crippen LogP contribution in [0.4, 0.5) is 0 Å². The topological polar surface area (TPSA) is 150 Å². The van der Waals surface area contributed by atoms with Crippen molar-refractivity contribution in [3.05, 3.63) is 0 Å². The molecule has 0 aromatic heterocycles.